The molecule has 2 aromatic carbocycles. The molecule has 0 aliphatic rings. The van der Waals surface area contributed by atoms with Gasteiger partial charge in [0.25, 0.3) is 0 Å². The van der Waals surface area contributed by atoms with Gasteiger partial charge in [0, 0.05) is 5.52 Å². The first-order valence-corrected chi connectivity index (χ1v) is 9.68. The summed E-state index contributed by atoms with van der Waals surface area (Å²) in [6, 6.07) is 19.7. The van der Waals surface area contributed by atoms with E-state index in [0.717, 1.165) is 0 Å². The molecule has 0 unspecified atom stereocenters. The average Bonchev–Trinajstić information content (AvgIpc) is 2.86. The van der Waals surface area contributed by atoms with Crippen molar-refractivity contribution in [3.8, 4) is 0 Å². The molecule has 0 N–H and O–H groups in total. The number of hydrogen-bond donors (Lipinski definition) is 0. The van der Waals surface area contributed by atoms with Crippen LogP contribution in [0.1, 0.15) is 5.56 Å². The third-order valence-electron chi connectivity index (χ3n) is 4.00. The summed E-state index contributed by atoms with van der Waals surface area (Å²) in [6.45, 7) is 7.02. The monoisotopic (exact) mass is 265 g/mol. The van der Waals surface area contributed by atoms with Crippen LogP contribution in [-0.4, -0.2) is 12.5 Å². The topological polar surface area (TPSA) is 4.93 Å². The molecule has 1 aromatic heterocycles. The Morgan fingerprint density at radius 1 is 0.842 bits per heavy atom. The fourth-order valence-electron chi connectivity index (χ4n) is 2.83. The summed E-state index contributed by atoms with van der Waals surface area (Å²) in [7, 11) is -1.68. The molecule has 0 fully saturated rings. The minimum absolute atomic E-state index is 1.34. The summed E-state index contributed by atoms with van der Waals surface area (Å²) in [6.07, 6.45) is 2.26. The third-order valence-corrected chi connectivity index (χ3v) is 7.32. The largest absolute Gasteiger partial charge is 0.370 e. The van der Waals surface area contributed by atoms with Crippen LogP contribution in [0.2, 0.25) is 13.1 Å². The van der Waals surface area contributed by atoms with Gasteiger partial charge in [-0.25, -0.2) is 0 Å². The lowest BCUT2D eigenvalue weighted by molar-refractivity contribution is 1.20. The van der Waals surface area contributed by atoms with Crippen LogP contribution < -0.4 is 5.19 Å². The molecule has 1 heterocycles. The van der Waals surface area contributed by atoms with Crippen molar-refractivity contribution < 1.29 is 0 Å². The smallest absolute Gasteiger partial charge is 0.187 e. The Kier molecular flexibility index (Phi) is 2.83. The van der Waals surface area contributed by atoms with E-state index in [4.69, 9.17) is 0 Å². The van der Waals surface area contributed by atoms with Crippen LogP contribution in [0, 0.1) is 6.92 Å². The van der Waals surface area contributed by atoms with Crippen LogP contribution in [0.15, 0.2) is 60.8 Å². The lowest BCUT2D eigenvalue weighted by atomic mass is 10.2. The summed E-state index contributed by atoms with van der Waals surface area (Å²) in [4.78, 5) is 0. The van der Waals surface area contributed by atoms with Crippen molar-refractivity contribution in [3.05, 3.63) is 66.4 Å². The summed E-state index contributed by atoms with van der Waals surface area (Å²) >= 11 is 0. The van der Waals surface area contributed by atoms with Crippen LogP contribution in [0.5, 0.6) is 0 Å². The number of benzene rings is 2. The number of hydrogen-bond acceptors (Lipinski definition) is 0. The highest BCUT2D eigenvalue weighted by Crippen LogP contribution is 2.23. The SMILES string of the molecule is Cc1cccc2ccn([Si](C)(C)c3ccccc3)c12. The third kappa shape index (κ3) is 1.92. The van der Waals surface area contributed by atoms with Gasteiger partial charge >= 0.3 is 0 Å². The van der Waals surface area contributed by atoms with Crippen molar-refractivity contribution in [2.75, 3.05) is 0 Å². The van der Waals surface area contributed by atoms with E-state index in [1.165, 1.54) is 21.7 Å². The summed E-state index contributed by atoms with van der Waals surface area (Å²) in [5.74, 6) is 0. The lowest BCUT2D eigenvalue weighted by Gasteiger charge is -2.26. The first-order chi connectivity index (χ1) is 9.10. The van der Waals surface area contributed by atoms with Gasteiger partial charge in [-0.15, -0.1) is 0 Å². The normalized spacial score (nSPS) is 11.9. The van der Waals surface area contributed by atoms with Crippen LogP contribution >= 0.6 is 0 Å². The lowest BCUT2D eigenvalue weighted by Crippen LogP contribution is -2.48. The molecule has 0 aliphatic heterocycles. The number of aryl methyl sites for hydroxylation is 1. The van der Waals surface area contributed by atoms with Crippen molar-refractivity contribution in [2.24, 2.45) is 0 Å². The highest BCUT2D eigenvalue weighted by Gasteiger charge is 2.27. The molecule has 0 saturated heterocycles. The van der Waals surface area contributed by atoms with Crippen molar-refractivity contribution in [1.82, 2.24) is 4.23 Å². The number of para-hydroxylation sites is 1. The standard InChI is InChI=1S/C17H19NSi/c1-14-8-7-9-15-12-13-18(17(14)15)19(2,3)16-10-5-4-6-11-16/h4-13H,1-3H3. The van der Waals surface area contributed by atoms with Crippen molar-refractivity contribution >= 4 is 24.3 Å². The highest BCUT2D eigenvalue weighted by molar-refractivity contribution is 6.89. The molecule has 19 heavy (non-hydrogen) atoms. The van der Waals surface area contributed by atoms with Gasteiger partial charge in [-0.2, -0.15) is 0 Å². The molecular formula is C17H19NSi. The van der Waals surface area contributed by atoms with Crippen molar-refractivity contribution in [1.29, 1.82) is 0 Å². The van der Waals surface area contributed by atoms with Crippen LogP contribution in [0.3, 0.4) is 0 Å². The van der Waals surface area contributed by atoms with E-state index in [1.807, 2.05) is 0 Å². The first kappa shape index (κ1) is 12.2. The quantitative estimate of drug-likeness (QED) is 0.619. The number of nitrogens with zero attached hydrogens (tertiary/aromatic N) is 1. The second-order valence-corrected chi connectivity index (χ2v) is 9.80. The molecule has 3 aromatic rings. The fourth-order valence-corrected chi connectivity index (χ4v) is 5.42. The Bertz CT molecular complexity index is 710. The molecule has 2 heteroatoms. The van der Waals surface area contributed by atoms with Crippen molar-refractivity contribution in [3.63, 3.8) is 0 Å². The van der Waals surface area contributed by atoms with Crippen molar-refractivity contribution in [2.45, 2.75) is 20.0 Å². The van der Waals surface area contributed by atoms with Gasteiger partial charge in [0.05, 0.1) is 0 Å². The Hall–Kier alpha value is -1.80. The molecule has 0 spiro atoms. The molecule has 0 atom stereocenters. The van der Waals surface area contributed by atoms with Gasteiger partial charge in [0.2, 0.25) is 0 Å². The Morgan fingerprint density at radius 2 is 1.58 bits per heavy atom. The molecule has 3 rings (SSSR count). The van der Waals surface area contributed by atoms with E-state index < -0.39 is 8.24 Å². The van der Waals surface area contributed by atoms with E-state index in [-0.39, 0.29) is 0 Å². The Morgan fingerprint density at radius 3 is 2.32 bits per heavy atom. The molecule has 96 valence electrons. The first-order valence-electron chi connectivity index (χ1n) is 6.73. The second kappa shape index (κ2) is 4.39. The predicted molar refractivity (Wildman–Crippen MR) is 85.6 cm³/mol. The van der Waals surface area contributed by atoms with E-state index in [0.29, 0.717) is 0 Å². The second-order valence-electron chi connectivity index (χ2n) is 5.62. The average molecular weight is 265 g/mol. The maximum atomic E-state index is 2.52. The van der Waals surface area contributed by atoms with E-state index in [9.17, 15) is 0 Å². The highest BCUT2D eigenvalue weighted by atomic mass is 28.3. The zero-order chi connectivity index (χ0) is 13.5. The molecule has 1 nitrogen and oxygen atoms in total. The number of fused-ring (bicyclic) bond motifs is 1. The van der Waals surface area contributed by atoms with Gasteiger partial charge in [0.1, 0.15) is 0 Å². The molecule has 0 saturated carbocycles. The number of rotatable bonds is 2. The van der Waals surface area contributed by atoms with Gasteiger partial charge in [-0.1, -0.05) is 48.5 Å². The maximum absolute atomic E-state index is 2.52. The van der Waals surface area contributed by atoms with E-state index in [1.54, 1.807) is 0 Å². The van der Waals surface area contributed by atoms with Crippen LogP contribution in [0.25, 0.3) is 10.9 Å². The Labute approximate surface area is 115 Å². The minimum atomic E-state index is -1.68. The maximum Gasteiger partial charge on any atom is 0.187 e. The molecule has 0 radical (unpaired) electrons. The van der Waals surface area contributed by atoms with Gasteiger partial charge in [-0.05, 0) is 48.4 Å². The molecular weight excluding hydrogens is 246 g/mol. The predicted octanol–water partition coefficient (Wildman–Crippen LogP) is 3.91. The minimum Gasteiger partial charge on any atom is -0.370 e. The molecule has 0 amide bonds. The van der Waals surface area contributed by atoms with Crippen LogP contribution in [0.4, 0.5) is 0 Å². The summed E-state index contributed by atoms with van der Waals surface area (Å²) in [5, 5.41) is 2.81. The van der Waals surface area contributed by atoms with Gasteiger partial charge in [0.15, 0.2) is 8.24 Å². The molecule has 0 aliphatic carbocycles. The van der Waals surface area contributed by atoms with Crippen LogP contribution in [-0.2, 0) is 0 Å². The van der Waals surface area contributed by atoms with Gasteiger partial charge < -0.3 is 4.23 Å². The van der Waals surface area contributed by atoms with E-state index in [2.05, 4.69) is 85.0 Å². The Balaban J connectivity index is 2.25. The zero-order valence-electron chi connectivity index (χ0n) is 11.7. The van der Waals surface area contributed by atoms with Gasteiger partial charge in [-0.3, -0.25) is 0 Å². The summed E-state index contributed by atoms with van der Waals surface area (Å²) < 4.78 is 2.52. The number of aromatic nitrogens is 1. The fraction of sp³-hybridized carbons (Fsp3) is 0.176. The molecule has 0 bridgehead atoms. The van der Waals surface area contributed by atoms with E-state index >= 15 is 0 Å². The summed E-state index contributed by atoms with van der Waals surface area (Å²) in [5.41, 5.74) is 2.75. The zero-order valence-corrected chi connectivity index (χ0v) is 12.7.